The summed E-state index contributed by atoms with van der Waals surface area (Å²) in [5.41, 5.74) is 2.42. The van der Waals surface area contributed by atoms with Gasteiger partial charge in [0.15, 0.2) is 0 Å². The van der Waals surface area contributed by atoms with Crippen molar-refractivity contribution in [1.82, 2.24) is 25.0 Å². The fraction of sp³-hybridized carbons (Fsp3) is 0.250. The molecule has 7 heteroatoms. The predicted octanol–water partition coefficient (Wildman–Crippen LogP) is 2.06. The van der Waals surface area contributed by atoms with Crippen LogP contribution in [-0.4, -0.2) is 52.3 Å². The molecular weight excluding hydrogens is 342 g/mol. The molecule has 3 aromatic rings. The van der Waals surface area contributed by atoms with Crippen LogP contribution in [0.5, 0.6) is 5.75 Å². The average Bonchev–Trinajstić information content (AvgIpc) is 3.28. The number of benzene rings is 1. The molecule has 7 nitrogen and oxygen atoms in total. The largest absolute Gasteiger partial charge is 0.497 e. The number of nitrogens with zero attached hydrogens (tertiary/aromatic N) is 4. The second-order valence-corrected chi connectivity index (χ2v) is 6.37. The molecule has 1 unspecified atom stereocenters. The Labute approximate surface area is 157 Å². The van der Waals surface area contributed by atoms with Crippen molar-refractivity contribution >= 4 is 5.91 Å². The standard InChI is InChI=1S/C20H21N5O2/c1-27-16-5-3-15(4-6-16)18-14-24(12-10-22-18)20(26)17-7-9-21-13-19(17)25-11-2-8-23-25/h2-9,11,13,18,22H,10,12,14H2,1H3. The summed E-state index contributed by atoms with van der Waals surface area (Å²) in [7, 11) is 1.65. The van der Waals surface area contributed by atoms with Crippen molar-refractivity contribution in [1.29, 1.82) is 0 Å². The van der Waals surface area contributed by atoms with Crippen LogP contribution in [0.25, 0.3) is 5.69 Å². The van der Waals surface area contributed by atoms with Crippen molar-refractivity contribution in [3.63, 3.8) is 0 Å². The first-order valence-corrected chi connectivity index (χ1v) is 8.87. The maximum atomic E-state index is 13.2. The monoisotopic (exact) mass is 363 g/mol. The number of hydrogen-bond acceptors (Lipinski definition) is 5. The second kappa shape index (κ2) is 7.59. The van der Waals surface area contributed by atoms with Crippen LogP contribution in [0.3, 0.4) is 0 Å². The van der Waals surface area contributed by atoms with E-state index in [-0.39, 0.29) is 11.9 Å². The Morgan fingerprint density at radius 3 is 2.81 bits per heavy atom. The van der Waals surface area contributed by atoms with Gasteiger partial charge < -0.3 is 15.0 Å². The highest BCUT2D eigenvalue weighted by Crippen LogP contribution is 2.22. The van der Waals surface area contributed by atoms with Crippen LogP contribution in [0.1, 0.15) is 22.0 Å². The van der Waals surface area contributed by atoms with E-state index in [1.54, 1.807) is 36.4 Å². The summed E-state index contributed by atoms with van der Waals surface area (Å²) in [5.74, 6) is 0.811. The number of aromatic nitrogens is 3. The molecule has 2 aromatic heterocycles. The zero-order chi connectivity index (χ0) is 18.6. The van der Waals surface area contributed by atoms with Gasteiger partial charge in [0.2, 0.25) is 0 Å². The maximum absolute atomic E-state index is 13.2. The van der Waals surface area contributed by atoms with Crippen molar-refractivity contribution in [2.75, 3.05) is 26.7 Å². The van der Waals surface area contributed by atoms with E-state index in [0.717, 1.165) is 17.9 Å². The van der Waals surface area contributed by atoms with Crippen LogP contribution in [0.4, 0.5) is 0 Å². The summed E-state index contributed by atoms with van der Waals surface area (Å²) in [6.07, 6.45) is 6.81. The summed E-state index contributed by atoms with van der Waals surface area (Å²) in [5, 5.41) is 7.72. The summed E-state index contributed by atoms with van der Waals surface area (Å²) in [6.45, 7) is 2.00. The number of carbonyl (C=O) groups excluding carboxylic acids is 1. The Balaban J connectivity index is 1.56. The minimum atomic E-state index is -0.0112. The number of piperazine rings is 1. The van der Waals surface area contributed by atoms with E-state index in [0.29, 0.717) is 24.3 Å². The minimum Gasteiger partial charge on any atom is -0.497 e. The molecule has 1 atom stereocenters. The van der Waals surface area contributed by atoms with Gasteiger partial charge in [-0.05, 0) is 29.8 Å². The Morgan fingerprint density at radius 2 is 2.07 bits per heavy atom. The van der Waals surface area contributed by atoms with Gasteiger partial charge in [0.25, 0.3) is 5.91 Å². The molecule has 27 heavy (non-hydrogen) atoms. The zero-order valence-electron chi connectivity index (χ0n) is 15.1. The van der Waals surface area contributed by atoms with Gasteiger partial charge in [-0.25, -0.2) is 4.68 Å². The lowest BCUT2D eigenvalue weighted by molar-refractivity contribution is 0.0702. The minimum absolute atomic E-state index is 0.0112. The molecule has 1 aliphatic heterocycles. The number of amides is 1. The third-order valence-corrected chi connectivity index (χ3v) is 4.76. The van der Waals surface area contributed by atoms with Gasteiger partial charge >= 0.3 is 0 Å². The lowest BCUT2D eigenvalue weighted by Gasteiger charge is -2.34. The molecule has 0 radical (unpaired) electrons. The number of ether oxygens (including phenoxy) is 1. The van der Waals surface area contributed by atoms with Gasteiger partial charge in [-0.3, -0.25) is 9.78 Å². The molecule has 4 rings (SSSR count). The first kappa shape index (κ1) is 17.2. The molecule has 1 saturated heterocycles. The van der Waals surface area contributed by atoms with Gasteiger partial charge in [0, 0.05) is 44.3 Å². The van der Waals surface area contributed by atoms with E-state index in [1.807, 2.05) is 41.4 Å². The highest BCUT2D eigenvalue weighted by Gasteiger charge is 2.26. The topological polar surface area (TPSA) is 72.3 Å². The Morgan fingerprint density at radius 1 is 1.22 bits per heavy atom. The number of nitrogens with one attached hydrogen (secondary N) is 1. The van der Waals surface area contributed by atoms with Crippen LogP contribution in [-0.2, 0) is 0 Å². The van der Waals surface area contributed by atoms with Crippen LogP contribution in [0.15, 0.2) is 61.2 Å². The third-order valence-electron chi connectivity index (χ3n) is 4.76. The molecule has 1 amide bonds. The quantitative estimate of drug-likeness (QED) is 0.768. The van der Waals surface area contributed by atoms with E-state index < -0.39 is 0 Å². The Kier molecular flexibility index (Phi) is 4.84. The highest BCUT2D eigenvalue weighted by molar-refractivity contribution is 5.97. The molecule has 1 N–H and O–H groups in total. The first-order chi connectivity index (χ1) is 13.3. The molecule has 0 bridgehead atoms. The van der Waals surface area contributed by atoms with E-state index >= 15 is 0 Å². The maximum Gasteiger partial charge on any atom is 0.256 e. The SMILES string of the molecule is COc1ccc(C2CN(C(=O)c3ccncc3-n3cccn3)CCN2)cc1. The molecule has 0 aliphatic carbocycles. The van der Waals surface area contributed by atoms with Crippen molar-refractivity contribution in [3.05, 3.63) is 72.3 Å². The van der Waals surface area contributed by atoms with Crippen LogP contribution in [0, 0.1) is 0 Å². The van der Waals surface area contributed by atoms with Crippen molar-refractivity contribution in [2.45, 2.75) is 6.04 Å². The van der Waals surface area contributed by atoms with Crippen LogP contribution < -0.4 is 10.1 Å². The summed E-state index contributed by atoms with van der Waals surface area (Å²) >= 11 is 0. The molecule has 1 fully saturated rings. The summed E-state index contributed by atoms with van der Waals surface area (Å²) in [6, 6.07) is 11.6. The van der Waals surface area contributed by atoms with Crippen molar-refractivity contribution in [3.8, 4) is 11.4 Å². The van der Waals surface area contributed by atoms with Crippen molar-refractivity contribution in [2.24, 2.45) is 0 Å². The molecule has 138 valence electrons. The number of pyridine rings is 1. The number of methoxy groups -OCH3 is 1. The van der Waals surface area contributed by atoms with E-state index in [2.05, 4.69) is 15.4 Å². The Hall–Kier alpha value is -3.19. The summed E-state index contributed by atoms with van der Waals surface area (Å²) < 4.78 is 6.89. The van der Waals surface area contributed by atoms with Gasteiger partial charge in [0.1, 0.15) is 5.75 Å². The number of carbonyl (C=O) groups is 1. The normalized spacial score (nSPS) is 16.9. The van der Waals surface area contributed by atoms with Crippen LogP contribution >= 0.6 is 0 Å². The van der Waals surface area contributed by atoms with Gasteiger partial charge in [-0.15, -0.1) is 0 Å². The number of hydrogen-bond donors (Lipinski definition) is 1. The van der Waals surface area contributed by atoms with E-state index in [4.69, 9.17) is 4.74 Å². The smallest absolute Gasteiger partial charge is 0.256 e. The zero-order valence-corrected chi connectivity index (χ0v) is 15.1. The summed E-state index contributed by atoms with van der Waals surface area (Å²) in [4.78, 5) is 19.2. The predicted molar refractivity (Wildman–Crippen MR) is 101 cm³/mol. The van der Waals surface area contributed by atoms with E-state index in [9.17, 15) is 4.79 Å². The average molecular weight is 363 g/mol. The van der Waals surface area contributed by atoms with Gasteiger partial charge in [0.05, 0.1) is 24.6 Å². The van der Waals surface area contributed by atoms with E-state index in [1.165, 1.54) is 0 Å². The molecule has 0 spiro atoms. The lowest BCUT2D eigenvalue weighted by Crippen LogP contribution is -2.48. The van der Waals surface area contributed by atoms with Gasteiger partial charge in [-0.1, -0.05) is 12.1 Å². The number of rotatable bonds is 4. The van der Waals surface area contributed by atoms with Crippen LogP contribution in [0.2, 0.25) is 0 Å². The fourth-order valence-corrected chi connectivity index (χ4v) is 3.33. The molecule has 3 heterocycles. The fourth-order valence-electron chi connectivity index (χ4n) is 3.33. The van der Waals surface area contributed by atoms with Gasteiger partial charge in [-0.2, -0.15) is 5.10 Å². The molecule has 0 saturated carbocycles. The highest BCUT2D eigenvalue weighted by atomic mass is 16.5. The second-order valence-electron chi connectivity index (χ2n) is 6.37. The molecular formula is C20H21N5O2. The van der Waals surface area contributed by atoms with Crippen molar-refractivity contribution < 1.29 is 9.53 Å². The Bertz CT molecular complexity index is 908. The molecule has 1 aliphatic rings. The third kappa shape index (κ3) is 3.54. The lowest BCUT2D eigenvalue weighted by atomic mass is 10.0. The first-order valence-electron chi connectivity index (χ1n) is 8.87. The molecule has 1 aromatic carbocycles.